The molecule has 22 nitrogen and oxygen atoms in total. The lowest BCUT2D eigenvalue weighted by molar-refractivity contribution is -0.172. The van der Waals surface area contributed by atoms with Crippen molar-refractivity contribution >= 4 is 64.1 Å². The molecule has 0 radical (unpaired) electrons. The predicted molar refractivity (Wildman–Crippen MR) is 281 cm³/mol. The fourth-order valence-electron chi connectivity index (χ4n) is 10.7. The van der Waals surface area contributed by atoms with Crippen LogP contribution in [0.2, 0.25) is 0 Å². The molecule has 2 aromatic carbocycles. The number of cyclic esters (lactones) is 1. The van der Waals surface area contributed by atoms with Gasteiger partial charge < -0.3 is 51.0 Å². The predicted octanol–water partition coefficient (Wildman–Crippen LogP) is 1.78. The van der Waals surface area contributed by atoms with Crippen LogP contribution in [-0.2, 0) is 84.2 Å². The van der Waals surface area contributed by atoms with Crippen molar-refractivity contribution in [1.29, 1.82) is 0 Å². The van der Waals surface area contributed by atoms with Crippen LogP contribution in [0.3, 0.4) is 0 Å². The van der Waals surface area contributed by atoms with Crippen LogP contribution in [0.1, 0.15) is 118 Å². The minimum atomic E-state index is -2.05. The van der Waals surface area contributed by atoms with Gasteiger partial charge in [-0.25, -0.2) is 14.2 Å². The van der Waals surface area contributed by atoms with E-state index in [0.29, 0.717) is 76.6 Å². The van der Waals surface area contributed by atoms with Crippen LogP contribution in [0.15, 0.2) is 47.3 Å². The number of likely N-dealkylation sites (tertiary alicyclic amines) is 1. The molecule has 1 fully saturated rings. The molecule has 0 spiro atoms. The van der Waals surface area contributed by atoms with Gasteiger partial charge in [-0.1, -0.05) is 64.4 Å². The van der Waals surface area contributed by atoms with Crippen molar-refractivity contribution in [2.75, 3.05) is 39.5 Å². The number of nitrogens with zero attached hydrogens (tertiary/aromatic N) is 3. The van der Waals surface area contributed by atoms with Crippen molar-refractivity contribution in [3.8, 4) is 11.4 Å². The van der Waals surface area contributed by atoms with E-state index in [0.717, 1.165) is 5.56 Å². The van der Waals surface area contributed by atoms with Crippen LogP contribution in [0.25, 0.3) is 22.3 Å². The maximum Gasteiger partial charge on any atom is 0.343 e. The molecule has 4 aliphatic rings. The number of aryl methyl sites for hydroxylation is 1. The molecule has 4 aromatic rings. The zero-order valence-corrected chi connectivity index (χ0v) is 44.9. The molecule has 4 atom stereocenters. The lowest BCUT2D eigenvalue weighted by Crippen LogP contribution is -2.52. The molecule has 1 saturated heterocycles. The summed E-state index contributed by atoms with van der Waals surface area (Å²) in [6, 6.07) is 9.85. The van der Waals surface area contributed by atoms with Crippen molar-refractivity contribution in [2.24, 2.45) is 11.3 Å². The number of imide groups is 1. The molecule has 5 heterocycles. The number of hydrogen-bond donors (Lipinski definition) is 7. The Morgan fingerprint density at radius 3 is 2.32 bits per heavy atom. The van der Waals surface area contributed by atoms with Gasteiger partial charge in [-0.3, -0.25) is 48.1 Å². The van der Waals surface area contributed by atoms with Gasteiger partial charge in [-0.2, -0.15) is 0 Å². The summed E-state index contributed by atoms with van der Waals surface area (Å²) >= 11 is 0. The highest BCUT2D eigenvalue weighted by atomic mass is 19.1. The fraction of sp³-hybridized carbons (Fsp3) is 0.482. The molecular weight excluding hydrogens is 1030 g/mol. The average molecular weight is 1090 g/mol. The van der Waals surface area contributed by atoms with Crippen molar-refractivity contribution < 1.29 is 62.1 Å². The number of carbonyl (C=O) groups is 9. The first-order valence-electron chi connectivity index (χ1n) is 26.5. The van der Waals surface area contributed by atoms with E-state index >= 15 is 4.39 Å². The zero-order valence-electron chi connectivity index (χ0n) is 44.9. The number of pyridine rings is 2. The molecule has 0 bridgehead atoms. The zero-order chi connectivity index (χ0) is 56.9. The standard InChI is InChI=1S/C56H66FN9O13/c1-6-56(77)35-20-41-50-33(26-66(41)52(74)34(35)27-79-54(56)76)49-38(17-16-32-30(2)37(57)22-39(64-50)48(32)49)62-46(71)28-78-29-61-44(69)24-60-51(73)40(19-31-13-9-7-10-14-31)63-45(70)25-59-43(68)23-58-42(67)15-11-8-12-18-65-47(72)21-36(53(65)75)55(3,4)5/h7,9-10,13-14,20,22,36,38,40,77H,6,8,11-12,15-19,21,23-29H2,1-5H3,(H,58,67)(H,59,68)(H,60,73)(H,61,69)(H,62,71)(H,63,70)/t36?,38-,40-,56-/m0/s1. The number of carbonyl (C=O) groups excluding carboxylic acids is 9. The first kappa shape index (κ1) is 57.3. The van der Waals surface area contributed by atoms with E-state index in [1.807, 2.05) is 20.8 Å². The highest BCUT2D eigenvalue weighted by Gasteiger charge is 2.47. The van der Waals surface area contributed by atoms with Crippen LogP contribution in [0.4, 0.5) is 4.39 Å². The number of amides is 8. The number of esters is 1. The summed E-state index contributed by atoms with van der Waals surface area (Å²) in [6.45, 7) is 6.72. The number of ether oxygens (including phenoxy) is 2. The summed E-state index contributed by atoms with van der Waals surface area (Å²) in [5, 5.41) is 27.5. The summed E-state index contributed by atoms with van der Waals surface area (Å²) in [6.07, 6.45) is 2.66. The van der Waals surface area contributed by atoms with Crippen molar-refractivity contribution in [3.63, 3.8) is 0 Å². The molecular formula is C56H66FN9O13. The highest BCUT2D eigenvalue weighted by Crippen LogP contribution is 2.46. The van der Waals surface area contributed by atoms with E-state index < -0.39 is 103 Å². The van der Waals surface area contributed by atoms with Gasteiger partial charge in [0.05, 0.1) is 60.6 Å². The number of benzene rings is 2. The van der Waals surface area contributed by atoms with E-state index in [4.69, 9.17) is 14.5 Å². The van der Waals surface area contributed by atoms with Gasteiger partial charge in [0.2, 0.25) is 47.3 Å². The van der Waals surface area contributed by atoms with Crippen LogP contribution in [-0.4, -0.2) is 118 Å². The maximum atomic E-state index is 15.4. The number of rotatable bonds is 22. The number of aromatic nitrogens is 2. The largest absolute Gasteiger partial charge is 0.458 e. The number of unbranched alkanes of at least 4 members (excludes halogenated alkanes) is 2. The molecule has 8 amide bonds. The number of hydrogen-bond acceptors (Lipinski definition) is 14. The lowest BCUT2D eigenvalue weighted by atomic mass is 9.80. The topological polar surface area (TPSA) is 303 Å². The third-order valence-corrected chi connectivity index (χ3v) is 15.1. The Labute approximate surface area is 454 Å². The van der Waals surface area contributed by atoms with E-state index in [9.17, 15) is 53.1 Å². The van der Waals surface area contributed by atoms with E-state index in [1.54, 1.807) is 50.2 Å². The average Bonchev–Trinajstić information content (AvgIpc) is 4.20. The molecule has 420 valence electrons. The van der Waals surface area contributed by atoms with Crippen molar-refractivity contribution in [3.05, 3.63) is 97.6 Å². The number of halogens is 1. The van der Waals surface area contributed by atoms with E-state index in [1.165, 1.54) is 15.5 Å². The minimum Gasteiger partial charge on any atom is -0.458 e. The minimum absolute atomic E-state index is 0.0371. The molecule has 1 aliphatic carbocycles. The highest BCUT2D eigenvalue weighted by molar-refractivity contribution is 6.04. The van der Waals surface area contributed by atoms with E-state index in [-0.39, 0.29) is 79.7 Å². The van der Waals surface area contributed by atoms with Crippen LogP contribution < -0.4 is 37.5 Å². The molecule has 23 heteroatoms. The van der Waals surface area contributed by atoms with Gasteiger partial charge in [0, 0.05) is 48.4 Å². The second kappa shape index (κ2) is 24.0. The van der Waals surface area contributed by atoms with Gasteiger partial charge >= 0.3 is 5.97 Å². The quantitative estimate of drug-likeness (QED) is 0.0225. The number of aliphatic hydroxyl groups is 1. The second-order valence-corrected chi connectivity index (χ2v) is 21.5. The van der Waals surface area contributed by atoms with Crippen molar-refractivity contribution in [2.45, 2.75) is 123 Å². The Kier molecular flexibility index (Phi) is 17.4. The monoisotopic (exact) mass is 1090 g/mol. The van der Waals surface area contributed by atoms with E-state index in [2.05, 4.69) is 31.9 Å². The summed E-state index contributed by atoms with van der Waals surface area (Å²) in [4.78, 5) is 136. The molecule has 3 aliphatic heterocycles. The number of nitrogens with one attached hydrogen (secondary N) is 6. The Morgan fingerprint density at radius 1 is 0.886 bits per heavy atom. The summed E-state index contributed by atoms with van der Waals surface area (Å²) in [7, 11) is 0. The summed E-state index contributed by atoms with van der Waals surface area (Å²) in [5.74, 6) is -5.73. The molecule has 1 unspecified atom stereocenters. The molecule has 8 rings (SSSR count). The van der Waals surface area contributed by atoms with Crippen LogP contribution in [0, 0.1) is 24.1 Å². The summed E-state index contributed by atoms with van der Waals surface area (Å²) in [5.41, 5.74) is 1.53. The molecule has 0 saturated carbocycles. The summed E-state index contributed by atoms with van der Waals surface area (Å²) < 4.78 is 27.6. The first-order valence-corrected chi connectivity index (χ1v) is 26.5. The fourth-order valence-corrected chi connectivity index (χ4v) is 10.7. The smallest absolute Gasteiger partial charge is 0.343 e. The van der Waals surface area contributed by atoms with Gasteiger partial charge in [0.1, 0.15) is 31.8 Å². The Hall–Kier alpha value is -7.92. The SMILES string of the molecule is CC[C@@]1(O)C(=O)OCc2c1cc1n(c2=O)Cc2c-1nc1cc(F)c(C)c3c1c2[C@@H](NC(=O)COCNC(=O)CNC(=O)[C@H](Cc1ccccc1)NC(=O)CNC(=O)CNC(=O)CCCCCN1C(=O)CC(C(C)(C)C)C1=O)CC3. The maximum absolute atomic E-state index is 15.4. The van der Waals surface area contributed by atoms with Crippen molar-refractivity contribution in [1.82, 2.24) is 46.4 Å². The van der Waals surface area contributed by atoms with Gasteiger partial charge in [-0.05, 0) is 72.8 Å². The molecule has 7 N–H and O–H groups in total. The van der Waals surface area contributed by atoms with Crippen LogP contribution in [0.5, 0.6) is 0 Å². The lowest BCUT2D eigenvalue weighted by Gasteiger charge is -2.31. The Balaban J connectivity index is 0.786. The van der Waals surface area contributed by atoms with Gasteiger partial charge in [0.25, 0.3) is 5.56 Å². The van der Waals surface area contributed by atoms with Gasteiger partial charge in [0.15, 0.2) is 5.60 Å². The third kappa shape index (κ3) is 12.5. The molecule has 79 heavy (non-hydrogen) atoms. The first-order chi connectivity index (χ1) is 37.6. The third-order valence-electron chi connectivity index (χ3n) is 15.1. The molecule has 2 aromatic heterocycles. The van der Waals surface area contributed by atoms with Crippen LogP contribution >= 0.6 is 0 Å². The normalized spacial score (nSPS) is 18.5. The van der Waals surface area contributed by atoms with Gasteiger partial charge in [-0.15, -0.1) is 0 Å². The Bertz CT molecular complexity index is 3190. The Morgan fingerprint density at radius 2 is 1.59 bits per heavy atom. The number of fused-ring (bicyclic) bond motifs is 5. The second-order valence-electron chi connectivity index (χ2n) is 21.5.